The summed E-state index contributed by atoms with van der Waals surface area (Å²) in [4.78, 5) is 24.7. The van der Waals surface area contributed by atoms with E-state index in [0.717, 1.165) is 29.4 Å². The van der Waals surface area contributed by atoms with E-state index in [4.69, 9.17) is 16.3 Å². The van der Waals surface area contributed by atoms with Crippen molar-refractivity contribution in [2.75, 3.05) is 6.61 Å². The molecule has 30 heavy (non-hydrogen) atoms. The molecule has 6 nitrogen and oxygen atoms in total. The van der Waals surface area contributed by atoms with Crippen LogP contribution in [0.4, 0.5) is 0 Å². The maximum atomic E-state index is 12.6. The highest BCUT2D eigenvalue weighted by atomic mass is 35.5. The van der Waals surface area contributed by atoms with E-state index in [1.807, 2.05) is 38.1 Å². The number of Topliss-reactive ketones (excluding diaryl/α,β-unsaturated/α-hetero) is 1. The van der Waals surface area contributed by atoms with Crippen LogP contribution < -0.4 is 0 Å². The number of aryl methyl sites for hydroxylation is 2. The largest absolute Gasteiger partial charge is 0.508 e. The third-order valence-electron chi connectivity index (χ3n) is 4.95. The van der Waals surface area contributed by atoms with Gasteiger partial charge in [0.1, 0.15) is 17.1 Å². The van der Waals surface area contributed by atoms with Gasteiger partial charge in [-0.05, 0) is 56.2 Å². The molecule has 3 rings (SSSR count). The van der Waals surface area contributed by atoms with E-state index in [2.05, 4.69) is 4.57 Å². The monoisotopic (exact) mass is 427 g/mol. The molecular formula is C23H22ClNO5. The van der Waals surface area contributed by atoms with Crippen LogP contribution in [0.1, 0.15) is 37.7 Å². The first-order chi connectivity index (χ1) is 14.3. The van der Waals surface area contributed by atoms with Gasteiger partial charge >= 0.3 is 5.97 Å². The Kier molecular flexibility index (Phi) is 6.47. The standard InChI is InChI=1S/C23H22ClNO5/c1-14-11-20(15(2)25(14)10-9-16-3-5-17(24)6-4-16)22(28)13-30-23(29)19-8-7-18(26)12-21(19)27/h3-8,11-12,26-27H,9-10,13H2,1-2H3. The van der Waals surface area contributed by atoms with Crippen molar-refractivity contribution in [3.63, 3.8) is 0 Å². The molecule has 1 aromatic heterocycles. The number of phenolic OH excluding ortho intramolecular Hbond substituents is 2. The number of aromatic nitrogens is 1. The molecule has 0 atom stereocenters. The summed E-state index contributed by atoms with van der Waals surface area (Å²) in [6.07, 6.45) is 0.788. The number of nitrogens with zero attached hydrogens (tertiary/aromatic N) is 1. The lowest BCUT2D eigenvalue weighted by atomic mass is 10.1. The molecule has 0 aliphatic carbocycles. The van der Waals surface area contributed by atoms with E-state index in [0.29, 0.717) is 17.1 Å². The number of carbonyl (C=O) groups excluding carboxylic acids is 2. The summed E-state index contributed by atoms with van der Waals surface area (Å²) in [5, 5.41) is 19.7. The minimum Gasteiger partial charge on any atom is -0.508 e. The Balaban J connectivity index is 1.65. The summed E-state index contributed by atoms with van der Waals surface area (Å²) in [5.41, 5.74) is 3.25. The van der Waals surface area contributed by atoms with Crippen LogP contribution >= 0.6 is 11.6 Å². The molecule has 0 radical (unpaired) electrons. The first kappa shape index (κ1) is 21.5. The molecule has 3 aromatic rings. The van der Waals surface area contributed by atoms with Crippen molar-refractivity contribution in [2.24, 2.45) is 0 Å². The van der Waals surface area contributed by atoms with E-state index < -0.39 is 18.3 Å². The Hall–Kier alpha value is -3.25. The average molecular weight is 428 g/mol. The molecule has 0 spiro atoms. The van der Waals surface area contributed by atoms with Crippen molar-refractivity contribution < 1.29 is 24.5 Å². The lowest BCUT2D eigenvalue weighted by molar-refractivity contribution is 0.0471. The summed E-state index contributed by atoms with van der Waals surface area (Å²) >= 11 is 5.92. The second-order valence-corrected chi connectivity index (χ2v) is 7.45. The van der Waals surface area contributed by atoms with Gasteiger partial charge in [0.2, 0.25) is 5.78 Å². The second kappa shape index (κ2) is 9.05. The highest BCUT2D eigenvalue weighted by Gasteiger charge is 2.19. The topological polar surface area (TPSA) is 88.8 Å². The molecule has 1 heterocycles. The van der Waals surface area contributed by atoms with Gasteiger partial charge in [0.05, 0.1) is 0 Å². The summed E-state index contributed by atoms with van der Waals surface area (Å²) < 4.78 is 7.11. The fourth-order valence-corrected chi connectivity index (χ4v) is 3.42. The number of aromatic hydroxyl groups is 2. The number of ketones is 1. The van der Waals surface area contributed by atoms with Crippen LogP contribution in [0.15, 0.2) is 48.5 Å². The third kappa shape index (κ3) is 4.83. The van der Waals surface area contributed by atoms with Crippen LogP contribution in [0.25, 0.3) is 0 Å². The number of benzene rings is 2. The number of hydrogen-bond donors (Lipinski definition) is 2. The molecule has 0 saturated carbocycles. The van der Waals surface area contributed by atoms with Crippen molar-refractivity contribution in [3.8, 4) is 11.5 Å². The van der Waals surface area contributed by atoms with E-state index in [1.165, 1.54) is 12.1 Å². The Morgan fingerprint density at radius 1 is 1.00 bits per heavy atom. The van der Waals surface area contributed by atoms with Crippen molar-refractivity contribution in [1.82, 2.24) is 4.57 Å². The van der Waals surface area contributed by atoms with Crippen LogP contribution in [0.5, 0.6) is 11.5 Å². The van der Waals surface area contributed by atoms with Crippen molar-refractivity contribution in [1.29, 1.82) is 0 Å². The quantitative estimate of drug-likeness (QED) is 0.429. The number of rotatable bonds is 7. The summed E-state index contributed by atoms with van der Waals surface area (Å²) in [6, 6.07) is 13.0. The summed E-state index contributed by atoms with van der Waals surface area (Å²) in [5.74, 6) is -1.75. The molecule has 0 aliphatic heterocycles. The molecule has 156 valence electrons. The predicted molar refractivity (Wildman–Crippen MR) is 113 cm³/mol. The van der Waals surface area contributed by atoms with E-state index >= 15 is 0 Å². The number of halogens is 1. The molecule has 0 aliphatic rings. The molecule has 2 N–H and O–H groups in total. The summed E-state index contributed by atoms with van der Waals surface area (Å²) in [6.45, 7) is 4.04. The van der Waals surface area contributed by atoms with Gasteiger partial charge in [-0.15, -0.1) is 0 Å². The van der Waals surface area contributed by atoms with Gasteiger partial charge in [0.25, 0.3) is 0 Å². The predicted octanol–water partition coefficient (Wildman–Crippen LogP) is 4.45. The van der Waals surface area contributed by atoms with Gasteiger partial charge in [-0.3, -0.25) is 4.79 Å². The maximum Gasteiger partial charge on any atom is 0.342 e. The van der Waals surface area contributed by atoms with Crippen LogP contribution in [0.3, 0.4) is 0 Å². The van der Waals surface area contributed by atoms with Gasteiger partial charge in [0, 0.05) is 34.6 Å². The number of carbonyl (C=O) groups is 2. The minimum absolute atomic E-state index is 0.117. The second-order valence-electron chi connectivity index (χ2n) is 7.01. The maximum absolute atomic E-state index is 12.6. The SMILES string of the molecule is Cc1cc(C(=O)COC(=O)c2ccc(O)cc2O)c(C)n1CCc1ccc(Cl)cc1. The van der Waals surface area contributed by atoms with Crippen LogP contribution in [0.2, 0.25) is 5.02 Å². The van der Waals surface area contributed by atoms with E-state index in [-0.39, 0.29) is 17.1 Å². The zero-order chi connectivity index (χ0) is 21.8. The van der Waals surface area contributed by atoms with Crippen molar-refractivity contribution in [2.45, 2.75) is 26.8 Å². The molecule has 0 bridgehead atoms. The van der Waals surface area contributed by atoms with Gasteiger partial charge in [-0.1, -0.05) is 23.7 Å². The first-order valence-corrected chi connectivity index (χ1v) is 9.77. The zero-order valence-corrected chi connectivity index (χ0v) is 17.4. The molecule has 0 saturated heterocycles. The molecule has 2 aromatic carbocycles. The molecule has 0 unspecified atom stereocenters. The Labute approximate surface area is 179 Å². The number of esters is 1. The third-order valence-corrected chi connectivity index (χ3v) is 5.20. The normalized spacial score (nSPS) is 10.8. The first-order valence-electron chi connectivity index (χ1n) is 9.39. The Bertz CT molecular complexity index is 1090. The van der Waals surface area contributed by atoms with Crippen LogP contribution in [-0.2, 0) is 17.7 Å². The molecule has 0 fully saturated rings. The average Bonchev–Trinajstić information content (AvgIpc) is 2.99. The highest BCUT2D eigenvalue weighted by molar-refractivity contribution is 6.30. The van der Waals surface area contributed by atoms with Crippen molar-refractivity contribution in [3.05, 3.63) is 81.6 Å². The van der Waals surface area contributed by atoms with Gasteiger partial charge in [-0.25, -0.2) is 4.79 Å². The fraction of sp³-hybridized carbons (Fsp3) is 0.217. The van der Waals surface area contributed by atoms with E-state index in [9.17, 15) is 19.8 Å². The fourth-order valence-electron chi connectivity index (χ4n) is 3.30. The van der Waals surface area contributed by atoms with Gasteiger partial charge in [0.15, 0.2) is 6.61 Å². The van der Waals surface area contributed by atoms with Crippen LogP contribution in [-0.4, -0.2) is 33.1 Å². The highest BCUT2D eigenvalue weighted by Crippen LogP contribution is 2.23. The zero-order valence-electron chi connectivity index (χ0n) is 16.7. The Morgan fingerprint density at radius 2 is 1.70 bits per heavy atom. The Morgan fingerprint density at radius 3 is 2.37 bits per heavy atom. The van der Waals surface area contributed by atoms with Crippen molar-refractivity contribution >= 4 is 23.4 Å². The van der Waals surface area contributed by atoms with Crippen LogP contribution in [0, 0.1) is 13.8 Å². The number of phenols is 2. The van der Waals surface area contributed by atoms with E-state index in [1.54, 1.807) is 6.07 Å². The van der Waals surface area contributed by atoms with Gasteiger partial charge < -0.3 is 19.5 Å². The number of hydrogen-bond acceptors (Lipinski definition) is 5. The molecule has 7 heteroatoms. The summed E-state index contributed by atoms with van der Waals surface area (Å²) in [7, 11) is 0. The lowest BCUT2D eigenvalue weighted by Crippen LogP contribution is -2.15. The molecular weight excluding hydrogens is 406 g/mol. The lowest BCUT2D eigenvalue weighted by Gasteiger charge is -2.10. The van der Waals surface area contributed by atoms with Gasteiger partial charge in [-0.2, -0.15) is 0 Å². The molecule has 0 amide bonds. The minimum atomic E-state index is -0.836. The smallest absolute Gasteiger partial charge is 0.342 e. The number of ether oxygens (including phenoxy) is 1.